The highest BCUT2D eigenvalue weighted by Gasteiger charge is 2.53. The quantitative estimate of drug-likeness (QED) is 0.787. The Morgan fingerprint density at radius 2 is 1.76 bits per heavy atom. The smallest absolute Gasteiger partial charge is 0.203 e. The summed E-state index contributed by atoms with van der Waals surface area (Å²) in [6, 6.07) is 6.53. The Morgan fingerprint density at radius 3 is 2.45 bits per heavy atom. The molecule has 6 heteroatoms. The second-order valence-corrected chi connectivity index (χ2v) is 8.17. The van der Waals surface area contributed by atoms with Gasteiger partial charge in [-0.05, 0) is 29.7 Å². The first-order valence-corrected chi connectivity index (χ1v) is 9.96. The van der Waals surface area contributed by atoms with Gasteiger partial charge in [0.1, 0.15) is 0 Å². The molecule has 0 N–H and O–H groups in total. The number of fused-ring (bicyclic) bond motifs is 2. The fraction of sp³-hybridized carbons (Fsp3) is 0.478. The topological polar surface area (TPSA) is 49.4 Å². The molecule has 0 spiro atoms. The van der Waals surface area contributed by atoms with Gasteiger partial charge in [-0.15, -0.1) is 0 Å². The van der Waals surface area contributed by atoms with Crippen molar-refractivity contribution in [3.63, 3.8) is 0 Å². The van der Waals surface area contributed by atoms with Crippen LogP contribution in [0.25, 0.3) is 0 Å². The van der Waals surface area contributed by atoms with Gasteiger partial charge in [-0.1, -0.05) is 13.0 Å². The third-order valence-electron chi connectivity index (χ3n) is 6.80. The Labute approximate surface area is 171 Å². The van der Waals surface area contributed by atoms with Crippen LogP contribution in [0.2, 0.25) is 0 Å². The Morgan fingerprint density at radius 1 is 1.00 bits per heavy atom. The number of hydrogen-bond donors (Lipinski definition) is 0. The van der Waals surface area contributed by atoms with E-state index in [0.29, 0.717) is 12.4 Å². The minimum atomic E-state index is -0.199. The molecule has 0 bridgehead atoms. The second kappa shape index (κ2) is 6.46. The van der Waals surface area contributed by atoms with Gasteiger partial charge in [-0.3, -0.25) is 4.90 Å². The van der Waals surface area contributed by atoms with Crippen LogP contribution in [0.5, 0.6) is 28.7 Å². The zero-order valence-corrected chi connectivity index (χ0v) is 17.6. The molecule has 0 saturated heterocycles. The van der Waals surface area contributed by atoms with Crippen molar-refractivity contribution in [2.45, 2.75) is 31.3 Å². The van der Waals surface area contributed by atoms with Crippen LogP contribution in [0, 0.1) is 0 Å². The first-order chi connectivity index (χ1) is 14.1. The standard InChI is InChI=1S/C23H27NO5/c1-23-12-29-21-18-13(10-17(26-3)20(21)28-5)8-9-24(22(18)23)11-14-15(23)6-7-16(25-2)19(14)27-4/h6-7,10,22H,8-9,11-12H2,1-5H3/t22-,23+/m1/s1. The minimum Gasteiger partial charge on any atom is -0.493 e. The van der Waals surface area contributed by atoms with Gasteiger partial charge < -0.3 is 23.7 Å². The average Bonchev–Trinajstić information content (AvgIpc) is 2.75. The fourth-order valence-corrected chi connectivity index (χ4v) is 5.56. The molecule has 0 fully saturated rings. The van der Waals surface area contributed by atoms with E-state index in [-0.39, 0.29) is 11.5 Å². The third kappa shape index (κ3) is 2.32. The molecular weight excluding hydrogens is 370 g/mol. The van der Waals surface area contributed by atoms with Gasteiger partial charge in [-0.25, -0.2) is 0 Å². The van der Waals surface area contributed by atoms with Crippen LogP contribution in [-0.4, -0.2) is 46.5 Å². The molecule has 29 heavy (non-hydrogen) atoms. The van der Waals surface area contributed by atoms with E-state index in [1.165, 1.54) is 22.3 Å². The Balaban J connectivity index is 1.75. The van der Waals surface area contributed by atoms with E-state index in [1.54, 1.807) is 28.4 Å². The van der Waals surface area contributed by atoms with Crippen LogP contribution in [0.15, 0.2) is 18.2 Å². The van der Waals surface area contributed by atoms with Crippen LogP contribution in [-0.2, 0) is 18.4 Å². The lowest BCUT2D eigenvalue weighted by Crippen LogP contribution is -2.54. The summed E-state index contributed by atoms with van der Waals surface area (Å²) in [6.45, 7) is 4.65. The number of ether oxygens (including phenoxy) is 5. The maximum Gasteiger partial charge on any atom is 0.203 e. The zero-order valence-electron chi connectivity index (χ0n) is 17.6. The van der Waals surface area contributed by atoms with Gasteiger partial charge in [0, 0.05) is 29.6 Å². The summed E-state index contributed by atoms with van der Waals surface area (Å²) in [7, 11) is 6.75. The number of rotatable bonds is 4. The maximum atomic E-state index is 6.41. The van der Waals surface area contributed by atoms with Crippen LogP contribution in [0.3, 0.4) is 0 Å². The van der Waals surface area contributed by atoms with Gasteiger partial charge in [0.25, 0.3) is 0 Å². The number of benzene rings is 2. The molecule has 0 unspecified atom stereocenters. The molecule has 0 aliphatic carbocycles. The summed E-state index contributed by atoms with van der Waals surface area (Å²) < 4.78 is 29.0. The lowest BCUT2D eigenvalue weighted by atomic mass is 9.65. The monoisotopic (exact) mass is 397 g/mol. The van der Waals surface area contributed by atoms with E-state index >= 15 is 0 Å². The molecule has 2 aromatic rings. The molecule has 3 aliphatic rings. The molecule has 0 amide bonds. The molecule has 0 aromatic heterocycles. The van der Waals surface area contributed by atoms with E-state index in [9.17, 15) is 0 Å². The van der Waals surface area contributed by atoms with E-state index < -0.39 is 0 Å². The van der Waals surface area contributed by atoms with E-state index in [4.69, 9.17) is 23.7 Å². The van der Waals surface area contributed by atoms with Crippen LogP contribution < -0.4 is 23.7 Å². The molecule has 2 aromatic carbocycles. The number of methoxy groups -OCH3 is 4. The summed E-state index contributed by atoms with van der Waals surface area (Å²) in [4.78, 5) is 2.55. The van der Waals surface area contributed by atoms with Crippen LogP contribution in [0.1, 0.15) is 35.2 Å². The van der Waals surface area contributed by atoms with Crippen molar-refractivity contribution in [1.29, 1.82) is 0 Å². The van der Waals surface area contributed by atoms with Gasteiger partial charge >= 0.3 is 0 Å². The van der Waals surface area contributed by atoms with Gasteiger partial charge in [-0.2, -0.15) is 0 Å². The molecule has 0 radical (unpaired) electrons. The lowest BCUT2D eigenvalue weighted by Gasteiger charge is -2.54. The van der Waals surface area contributed by atoms with Crippen LogP contribution >= 0.6 is 0 Å². The van der Waals surface area contributed by atoms with Crippen molar-refractivity contribution in [2.75, 3.05) is 41.6 Å². The van der Waals surface area contributed by atoms with Gasteiger partial charge in [0.2, 0.25) is 5.75 Å². The largest absolute Gasteiger partial charge is 0.493 e. The Hall–Kier alpha value is -2.60. The molecule has 3 heterocycles. The number of hydrogen-bond acceptors (Lipinski definition) is 6. The summed E-state index contributed by atoms with van der Waals surface area (Å²) >= 11 is 0. The minimum absolute atomic E-state index is 0.199. The third-order valence-corrected chi connectivity index (χ3v) is 6.80. The highest BCUT2D eigenvalue weighted by molar-refractivity contribution is 5.65. The van der Waals surface area contributed by atoms with E-state index in [1.807, 2.05) is 6.07 Å². The van der Waals surface area contributed by atoms with E-state index in [0.717, 1.165) is 42.5 Å². The molecule has 6 nitrogen and oxygen atoms in total. The van der Waals surface area contributed by atoms with Crippen LogP contribution in [0.4, 0.5) is 0 Å². The second-order valence-electron chi connectivity index (χ2n) is 8.17. The van der Waals surface area contributed by atoms with Crippen molar-refractivity contribution >= 4 is 0 Å². The highest BCUT2D eigenvalue weighted by Crippen LogP contribution is 2.60. The molecule has 2 atom stereocenters. The van der Waals surface area contributed by atoms with Crippen molar-refractivity contribution < 1.29 is 23.7 Å². The first-order valence-electron chi connectivity index (χ1n) is 9.96. The highest BCUT2D eigenvalue weighted by atomic mass is 16.5. The SMILES string of the molecule is COc1ccc2c(c1OC)CN1CCc3cc(OC)c(OC)c4c3[C@@H]1[C@@]2(C)CO4. The summed E-state index contributed by atoms with van der Waals surface area (Å²) in [5.41, 5.74) is 4.79. The summed E-state index contributed by atoms with van der Waals surface area (Å²) in [5, 5.41) is 0. The first kappa shape index (κ1) is 18.4. The maximum absolute atomic E-state index is 6.41. The average molecular weight is 397 g/mol. The van der Waals surface area contributed by atoms with Crippen molar-refractivity contribution in [3.8, 4) is 28.7 Å². The molecule has 154 valence electrons. The van der Waals surface area contributed by atoms with Crippen molar-refractivity contribution in [2.24, 2.45) is 0 Å². The predicted molar refractivity (Wildman–Crippen MR) is 109 cm³/mol. The molecule has 5 rings (SSSR count). The van der Waals surface area contributed by atoms with Gasteiger partial charge in [0.05, 0.1) is 41.1 Å². The summed E-state index contributed by atoms with van der Waals surface area (Å²) in [5.74, 6) is 3.86. The predicted octanol–water partition coefficient (Wildman–Crippen LogP) is 3.48. The zero-order chi connectivity index (χ0) is 20.3. The molecule has 3 aliphatic heterocycles. The molecular formula is C23H27NO5. The Kier molecular flexibility index (Phi) is 4.10. The Bertz CT molecular complexity index is 988. The lowest BCUT2D eigenvalue weighted by molar-refractivity contribution is 0.0309. The number of nitrogens with zero attached hydrogens (tertiary/aromatic N) is 1. The van der Waals surface area contributed by atoms with Gasteiger partial charge in [0.15, 0.2) is 23.0 Å². The molecule has 0 saturated carbocycles. The van der Waals surface area contributed by atoms with Crippen molar-refractivity contribution in [3.05, 3.63) is 40.5 Å². The van der Waals surface area contributed by atoms with Crippen molar-refractivity contribution in [1.82, 2.24) is 4.90 Å². The fourth-order valence-electron chi connectivity index (χ4n) is 5.56. The normalized spacial score (nSPS) is 24.1. The van der Waals surface area contributed by atoms with E-state index in [2.05, 4.69) is 24.0 Å². The summed E-state index contributed by atoms with van der Waals surface area (Å²) in [6.07, 6.45) is 0.945.